The summed E-state index contributed by atoms with van der Waals surface area (Å²) in [4.78, 5) is 12.6. The molecule has 0 fully saturated rings. The largest absolute Gasteiger partial charge is 0.360 e. The van der Waals surface area contributed by atoms with Crippen molar-refractivity contribution in [2.24, 2.45) is 16.8 Å². The van der Waals surface area contributed by atoms with Crippen LogP contribution in [0.4, 0.5) is 4.79 Å². The highest BCUT2D eigenvalue weighted by Crippen LogP contribution is 2.57. The van der Waals surface area contributed by atoms with Gasteiger partial charge in [-0.05, 0) is 23.4 Å². The van der Waals surface area contributed by atoms with E-state index in [1.807, 2.05) is 42.6 Å². The monoisotopic (exact) mass is 239 g/mol. The van der Waals surface area contributed by atoms with Crippen LogP contribution in [-0.4, -0.2) is 17.2 Å². The van der Waals surface area contributed by atoms with E-state index < -0.39 is 14.4 Å². The van der Waals surface area contributed by atoms with Crippen molar-refractivity contribution in [3.63, 3.8) is 0 Å². The Bertz CT molecular complexity index is 497. The predicted molar refractivity (Wildman–Crippen MR) is 69.3 cm³/mol. The molecule has 1 unspecified atom stereocenters. The van der Waals surface area contributed by atoms with Crippen molar-refractivity contribution in [2.45, 2.75) is 11.8 Å². The van der Waals surface area contributed by atoms with Gasteiger partial charge in [-0.15, -0.1) is 0 Å². The summed E-state index contributed by atoms with van der Waals surface area (Å²) in [5.41, 5.74) is 5.55. The van der Waals surface area contributed by atoms with Crippen LogP contribution in [0.5, 0.6) is 0 Å². The lowest BCUT2D eigenvalue weighted by Gasteiger charge is -2.41. The second-order valence-electron chi connectivity index (χ2n) is 4.24. The van der Waals surface area contributed by atoms with Gasteiger partial charge in [0.15, 0.2) is 0 Å². The number of hydrogen-bond donors (Lipinski definition) is 3. The minimum atomic E-state index is -3.09. The van der Waals surface area contributed by atoms with E-state index >= 15 is 0 Å². The van der Waals surface area contributed by atoms with Crippen LogP contribution in [0.2, 0.25) is 0 Å². The minimum Gasteiger partial charge on any atom is -0.360 e. The molecule has 2 rings (SSSR count). The minimum absolute atomic E-state index is 0.250. The molecule has 1 aliphatic heterocycles. The topological polar surface area (TPSA) is 81.1 Å². The Balaban J connectivity index is 2.72. The van der Waals surface area contributed by atoms with Gasteiger partial charge in [0.2, 0.25) is 0 Å². The van der Waals surface area contributed by atoms with Crippen LogP contribution < -0.4 is 15.6 Å². The molecular formula is C11H17N3OS. The van der Waals surface area contributed by atoms with Crippen molar-refractivity contribution in [1.82, 2.24) is 4.72 Å². The normalized spacial score (nSPS) is 28.6. The van der Waals surface area contributed by atoms with E-state index in [4.69, 9.17) is 10.9 Å². The van der Waals surface area contributed by atoms with Crippen molar-refractivity contribution in [2.75, 3.05) is 6.54 Å². The molecule has 4 nitrogen and oxygen atoms in total. The Morgan fingerprint density at radius 3 is 2.50 bits per heavy atom. The molecule has 1 aromatic carbocycles. The number of benzene rings is 1. The van der Waals surface area contributed by atoms with Crippen LogP contribution in [0.15, 0.2) is 35.2 Å². The Labute approximate surface area is 95.1 Å². The van der Waals surface area contributed by atoms with Gasteiger partial charge in [0, 0.05) is 11.4 Å². The number of primary amides is 1. The lowest BCUT2D eigenvalue weighted by molar-refractivity contribution is 0.266. The Hall–Kier alpha value is -1.17. The number of rotatable bonds is 1. The first-order valence-electron chi connectivity index (χ1n) is 5.16. The zero-order chi connectivity index (χ0) is 11.8. The molecule has 0 radical (unpaired) electrons. The molecule has 1 aromatic rings. The van der Waals surface area contributed by atoms with Crippen LogP contribution >= 0.6 is 9.12 Å². The lowest BCUT2D eigenvalue weighted by Crippen LogP contribution is -2.41. The third kappa shape index (κ3) is 1.40. The van der Waals surface area contributed by atoms with Crippen LogP contribution in [0.1, 0.15) is 6.92 Å². The molecule has 0 spiro atoms. The zero-order valence-corrected chi connectivity index (χ0v) is 10.0. The summed E-state index contributed by atoms with van der Waals surface area (Å²) in [6.45, 7) is 2.71. The molecule has 0 saturated carbocycles. The summed E-state index contributed by atoms with van der Waals surface area (Å²) in [5, 5.41) is 7.84. The van der Waals surface area contributed by atoms with Crippen LogP contribution in [-0.2, 0) is 0 Å². The molecule has 0 aliphatic carbocycles. The SMILES string of the molecule is CC1C=S(N)(C(N)=O)(c2ccccc2)NC1. The number of amides is 1. The molecule has 0 bridgehead atoms. The first-order valence-corrected chi connectivity index (χ1v) is 7.33. The fourth-order valence-corrected chi connectivity index (χ4v) is 5.38. The van der Waals surface area contributed by atoms with Crippen molar-refractivity contribution >= 4 is 19.7 Å². The molecule has 5 N–H and O–H groups in total. The predicted octanol–water partition coefficient (Wildman–Crippen LogP) is 1.29. The molecule has 88 valence electrons. The Morgan fingerprint density at radius 1 is 1.44 bits per heavy atom. The summed E-state index contributed by atoms with van der Waals surface area (Å²) in [7, 11) is -3.09. The summed E-state index contributed by atoms with van der Waals surface area (Å²) in [5.74, 6) is 0.250. The van der Waals surface area contributed by atoms with Crippen molar-refractivity contribution in [1.29, 1.82) is 0 Å². The van der Waals surface area contributed by atoms with Gasteiger partial charge in [-0.25, -0.2) is 0 Å². The maximum atomic E-state index is 11.8. The van der Waals surface area contributed by atoms with Gasteiger partial charge < -0.3 is 5.73 Å². The summed E-state index contributed by atoms with van der Waals surface area (Å²) >= 11 is 0. The maximum Gasteiger partial charge on any atom is 0.281 e. The van der Waals surface area contributed by atoms with Gasteiger partial charge in [0.05, 0.1) is 0 Å². The highest BCUT2D eigenvalue weighted by Gasteiger charge is 2.40. The number of hydrogen-bond acceptors (Lipinski definition) is 3. The quantitative estimate of drug-likeness (QED) is 0.646. The van der Waals surface area contributed by atoms with Gasteiger partial charge in [0.1, 0.15) is 0 Å². The van der Waals surface area contributed by atoms with Gasteiger partial charge in [0.25, 0.3) is 5.24 Å². The van der Waals surface area contributed by atoms with Gasteiger partial charge in [-0.1, -0.05) is 34.2 Å². The van der Waals surface area contributed by atoms with Crippen LogP contribution in [0.25, 0.3) is 0 Å². The first kappa shape index (κ1) is 11.3. The van der Waals surface area contributed by atoms with Crippen molar-refractivity contribution in [3.8, 4) is 0 Å². The molecule has 0 saturated heterocycles. The highest BCUT2D eigenvalue weighted by molar-refractivity contribution is 8.54. The third-order valence-electron chi connectivity index (χ3n) is 2.92. The van der Waals surface area contributed by atoms with Crippen LogP contribution in [0, 0.1) is 5.92 Å². The van der Waals surface area contributed by atoms with Crippen molar-refractivity contribution in [3.05, 3.63) is 30.3 Å². The summed E-state index contributed by atoms with van der Waals surface area (Å²) in [6.07, 6.45) is 0. The van der Waals surface area contributed by atoms with Gasteiger partial charge in [-0.2, -0.15) is 0 Å². The molecule has 1 atom stereocenters. The maximum absolute atomic E-state index is 11.8. The zero-order valence-electron chi connectivity index (χ0n) is 9.22. The number of carbonyl (C=O) groups is 1. The average Bonchev–Trinajstić information content (AvgIpc) is 2.60. The van der Waals surface area contributed by atoms with E-state index in [2.05, 4.69) is 4.72 Å². The van der Waals surface area contributed by atoms with Gasteiger partial charge in [-0.3, -0.25) is 14.7 Å². The van der Waals surface area contributed by atoms with E-state index in [9.17, 15) is 4.79 Å². The second kappa shape index (κ2) is 3.41. The number of nitrogens with two attached hydrogens (primary N) is 2. The fraction of sp³-hybridized carbons (Fsp3) is 0.273. The van der Waals surface area contributed by atoms with E-state index in [1.54, 1.807) is 0 Å². The Kier molecular flexibility index (Phi) is 2.41. The van der Waals surface area contributed by atoms with E-state index in [-0.39, 0.29) is 5.92 Å². The first-order chi connectivity index (χ1) is 7.46. The Morgan fingerprint density at radius 2 is 2.06 bits per heavy atom. The van der Waals surface area contributed by atoms with Gasteiger partial charge >= 0.3 is 0 Å². The van der Waals surface area contributed by atoms with E-state index in [0.717, 1.165) is 4.90 Å². The number of nitrogens with one attached hydrogen (secondary N) is 1. The van der Waals surface area contributed by atoms with E-state index in [1.165, 1.54) is 0 Å². The summed E-state index contributed by atoms with van der Waals surface area (Å²) < 4.78 is 3.17. The third-order valence-corrected chi connectivity index (χ3v) is 6.89. The number of carbonyl (C=O) groups excluding carboxylic acids is 1. The van der Waals surface area contributed by atoms with Crippen molar-refractivity contribution < 1.29 is 4.79 Å². The smallest absolute Gasteiger partial charge is 0.281 e. The summed E-state index contributed by atoms with van der Waals surface area (Å²) in [6, 6.07) is 9.34. The highest BCUT2D eigenvalue weighted by atomic mass is 32.3. The standard InChI is InChI=1S/C11H17N3OS/c1-9-7-14-16(13,8-9,11(12)15)10-5-3-2-4-6-10/h2-6,8-9,14H,7,13H2,1H3,(H2,12,15). The average molecular weight is 239 g/mol. The molecule has 0 aromatic heterocycles. The molecule has 16 heavy (non-hydrogen) atoms. The molecule has 1 heterocycles. The van der Waals surface area contributed by atoms with E-state index in [0.29, 0.717) is 6.54 Å². The molecular weight excluding hydrogens is 222 g/mol. The second-order valence-corrected chi connectivity index (χ2v) is 7.98. The lowest BCUT2D eigenvalue weighted by atomic mass is 10.2. The molecule has 5 heteroatoms. The van der Waals surface area contributed by atoms with Crippen LogP contribution in [0.3, 0.4) is 0 Å². The molecule has 1 aliphatic rings. The fourth-order valence-electron chi connectivity index (χ4n) is 2.02. The molecule has 1 amide bonds.